The Bertz CT molecular complexity index is 358. The van der Waals surface area contributed by atoms with Crippen molar-refractivity contribution >= 4 is 0 Å². The van der Waals surface area contributed by atoms with Crippen LogP contribution in [0.25, 0.3) is 0 Å². The van der Waals surface area contributed by atoms with Crippen LogP contribution in [0.2, 0.25) is 0 Å². The lowest BCUT2D eigenvalue weighted by Crippen LogP contribution is -2.40. The quantitative estimate of drug-likeness (QED) is 0.692. The standard InChI is InChI=1S/C12H15N3/c1-15-8-5-12(10-13,6-9-15)11-4-2-3-7-14-11/h2-4,7H,5-6,8-9H2,1H3. The van der Waals surface area contributed by atoms with E-state index in [0.717, 1.165) is 31.6 Å². The van der Waals surface area contributed by atoms with Crippen LogP contribution in [0.15, 0.2) is 24.4 Å². The minimum atomic E-state index is -0.353. The third kappa shape index (κ3) is 1.86. The van der Waals surface area contributed by atoms with Crippen LogP contribution in [0, 0.1) is 11.3 Å². The van der Waals surface area contributed by atoms with E-state index < -0.39 is 0 Å². The van der Waals surface area contributed by atoms with Gasteiger partial charge in [0.1, 0.15) is 5.41 Å². The first-order valence-electron chi connectivity index (χ1n) is 5.28. The number of aromatic nitrogens is 1. The van der Waals surface area contributed by atoms with E-state index in [1.54, 1.807) is 6.20 Å². The van der Waals surface area contributed by atoms with Gasteiger partial charge in [0.15, 0.2) is 0 Å². The fourth-order valence-electron chi connectivity index (χ4n) is 2.07. The lowest BCUT2D eigenvalue weighted by molar-refractivity contribution is 0.219. The van der Waals surface area contributed by atoms with Gasteiger partial charge in [0.25, 0.3) is 0 Å². The van der Waals surface area contributed by atoms with Crippen molar-refractivity contribution in [3.8, 4) is 6.07 Å². The Morgan fingerprint density at radius 3 is 2.67 bits per heavy atom. The highest BCUT2D eigenvalue weighted by Crippen LogP contribution is 2.32. The molecule has 3 nitrogen and oxygen atoms in total. The van der Waals surface area contributed by atoms with Crippen molar-refractivity contribution in [3.63, 3.8) is 0 Å². The molecule has 0 aliphatic carbocycles. The van der Waals surface area contributed by atoms with E-state index in [4.69, 9.17) is 0 Å². The van der Waals surface area contributed by atoms with Crippen LogP contribution in [-0.2, 0) is 5.41 Å². The van der Waals surface area contributed by atoms with Gasteiger partial charge in [-0.05, 0) is 45.1 Å². The Balaban J connectivity index is 2.28. The second-order valence-electron chi connectivity index (χ2n) is 4.21. The van der Waals surface area contributed by atoms with Crippen molar-refractivity contribution in [1.82, 2.24) is 9.88 Å². The Kier molecular flexibility index (Phi) is 2.70. The topological polar surface area (TPSA) is 39.9 Å². The molecule has 15 heavy (non-hydrogen) atoms. The minimum Gasteiger partial charge on any atom is -0.306 e. The molecule has 1 fully saturated rings. The van der Waals surface area contributed by atoms with Crippen molar-refractivity contribution in [2.45, 2.75) is 18.3 Å². The lowest BCUT2D eigenvalue weighted by atomic mass is 9.77. The molecule has 0 amide bonds. The van der Waals surface area contributed by atoms with Gasteiger partial charge in [-0.1, -0.05) is 6.07 Å². The summed E-state index contributed by atoms with van der Waals surface area (Å²) < 4.78 is 0. The Morgan fingerprint density at radius 2 is 2.13 bits per heavy atom. The molecule has 1 aromatic heterocycles. The van der Waals surface area contributed by atoms with E-state index in [1.165, 1.54) is 0 Å². The smallest absolute Gasteiger partial charge is 0.102 e. The summed E-state index contributed by atoms with van der Waals surface area (Å²) in [5.74, 6) is 0. The van der Waals surface area contributed by atoms with Gasteiger partial charge >= 0.3 is 0 Å². The van der Waals surface area contributed by atoms with E-state index in [-0.39, 0.29) is 5.41 Å². The summed E-state index contributed by atoms with van der Waals surface area (Å²) in [5, 5.41) is 9.37. The van der Waals surface area contributed by atoms with Gasteiger partial charge in [-0.15, -0.1) is 0 Å². The van der Waals surface area contributed by atoms with Gasteiger partial charge in [0, 0.05) is 6.20 Å². The second-order valence-corrected chi connectivity index (χ2v) is 4.21. The first-order chi connectivity index (χ1) is 7.27. The Labute approximate surface area is 90.4 Å². The Morgan fingerprint density at radius 1 is 1.40 bits per heavy atom. The summed E-state index contributed by atoms with van der Waals surface area (Å²) in [7, 11) is 2.10. The number of pyridine rings is 1. The maximum absolute atomic E-state index is 9.37. The highest BCUT2D eigenvalue weighted by atomic mass is 15.1. The molecular weight excluding hydrogens is 186 g/mol. The molecule has 1 saturated heterocycles. The number of hydrogen-bond donors (Lipinski definition) is 0. The summed E-state index contributed by atoms with van der Waals surface area (Å²) in [6.45, 7) is 1.95. The molecule has 0 unspecified atom stereocenters. The van der Waals surface area contributed by atoms with E-state index in [9.17, 15) is 5.26 Å². The molecule has 0 aromatic carbocycles. The maximum atomic E-state index is 9.37. The molecule has 0 radical (unpaired) electrons. The molecule has 0 saturated carbocycles. The summed E-state index contributed by atoms with van der Waals surface area (Å²) in [4.78, 5) is 6.59. The molecule has 0 bridgehead atoms. The minimum absolute atomic E-state index is 0.353. The predicted molar refractivity (Wildman–Crippen MR) is 58.3 cm³/mol. The molecule has 2 rings (SSSR count). The SMILES string of the molecule is CN1CCC(C#N)(c2ccccn2)CC1. The highest BCUT2D eigenvalue weighted by molar-refractivity contribution is 5.27. The average molecular weight is 201 g/mol. The van der Waals surface area contributed by atoms with Crippen LogP contribution in [0.5, 0.6) is 0 Å². The third-order valence-electron chi connectivity index (χ3n) is 3.21. The van der Waals surface area contributed by atoms with Gasteiger partial charge in [0.05, 0.1) is 11.8 Å². The predicted octanol–water partition coefficient (Wildman–Crippen LogP) is 1.57. The van der Waals surface area contributed by atoms with Crippen LogP contribution in [0.3, 0.4) is 0 Å². The molecule has 0 N–H and O–H groups in total. The van der Waals surface area contributed by atoms with E-state index in [2.05, 4.69) is 23.0 Å². The van der Waals surface area contributed by atoms with Gasteiger partial charge in [-0.3, -0.25) is 4.98 Å². The van der Waals surface area contributed by atoms with Gasteiger partial charge < -0.3 is 4.90 Å². The number of nitrogens with zero attached hydrogens (tertiary/aromatic N) is 3. The number of piperidine rings is 1. The van der Waals surface area contributed by atoms with Gasteiger partial charge in [0.2, 0.25) is 0 Å². The zero-order valence-electron chi connectivity index (χ0n) is 8.98. The van der Waals surface area contributed by atoms with Crippen LogP contribution < -0.4 is 0 Å². The van der Waals surface area contributed by atoms with Crippen molar-refractivity contribution in [2.24, 2.45) is 0 Å². The van der Waals surface area contributed by atoms with Crippen molar-refractivity contribution in [2.75, 3.05) is 20.1 Å². The van der Waals surface area contributed by atoms with Crippen molar-refractivity contribution in [1.29, 1.82) is 5.26 Å². The second kappa shape index (κ2) is 4.00. The van der Waals surface area contributed by atoms with Crippen molar-refractivity contribution < 1.29 is 0 Å². The van der Waals surface area contributed by atoms with Gasteiger partial charge in [-0.25, -0.2) is 0 Å². The maximum Gasteiger partial charge on any atom is 0.102 e. The molecule has 3 heteroatoms. The van der Waals surface area contributed by atoms with Crippen LogP contribution in [0.4, 0.5) is 0 Å². The zero-order chi connectivity index (χ0) is 10.7. The molecular formula is C12H15N3. The van der Waals surface area contributed by atoms with Crippen LogP contribution in [-0.4, -0.2) is 30.0 Å². The lowest BCUT2D eigenvalue weighted by Gasteiger charge is -2.34. The first kappa shape index (κ1) is 10.1. The number of rotatable bonds is 1. The summed E-state index contributed by atoms with van der Waals surface area (Å²) >= 11 is 0. The van der Waals surface area contributed by atoms with Crippen molar-refractivity contribution in [3.05, 3.63) is 30.1 Å². The van der Waals surface area contributed by atoms with Gasteiger partial charge in [-0.2, -0.15) is 5.26 Å². The number of likely N-dealkylation sites (tertiary alicyclic amines) is 1. The van der Waals surface area contributed by atoms with E-state index in [0.29, 0.717) is 0 Å². The first-order valence-corrected chi connectivity index (χ1v) is 5.28. The Hall–Kier alpha value is -1.40. The van der Waals surface area contributed by atoms with E-state index in [1.807, 2.05) is 18.2 Å². The van der Waals surface area contributed by atoms with E-state index >= 15 is 0 Å². The largest absolute Gasteiger partial charge is 0.306 e. The fraction of sp³-hybridized carbons (Fsp3) is 0.500. The van der Waals surface area contributed by atoms with Crippen LogP contribution >= 0.6 is 0 Å². The molecule has 1 aliphatic heterocycles. The molecule has 2 heterocycles. The molecule has 1 aromatic rings. The molecule has 1 aliphatic rings. The molecule has 0 atom stereocenters. The summed E-state index contributed by atoms with van der Waals surface area (Å²) in [6.07, 6.45) is 3.54. The number of nitriles is 1. The normalized spacial score (nSPS) is 20.8. The zero-order valence-corrected chi connectivity index (χ0v) is 8.98. The summed E-state index contributed by atoms with van der Waals surface area (Å²) in [6, 6.07) is 8.28. The average Bonchev–Trinajstić information content (AvgIpc) is 2.32. The third-order valence-corrected chi connectivity index (χ3v) is 3.21. The monoisotopic (exact) mass is 201 g/mol. The number of hydrogen-bond acceptors (Lipinski definition) is 3. The highest BCUT2D eigenvalue weighted by Gasteiger charge is 2.36. The fourth-order valence-corrected chi connectivity index (χ4v) is 2.07. The summed E-state index contributed by atoms with van der Waals surface area (Å²) in [5.41, 5.74) is 0.578. The van der Waals surface area contributed by atoms with Crippen LogP contribution in [0.1, 0.15) is 18.5 Å². The molecule has 0 spiro atoms. The molecule has 78 valence electrons.